The quantitative estimate of drug-likeness (QED) is 0.410. The molecule has 3 rings (SSSR count). The van der Waals surface area contributed by atoms with Gasteiger partial charge in [0.15, 0.2) is 12.2 Å². The van der Waals surface area contributed by atoms with Crippen LogP contribution in [0, 0.1) is 5.92 Å². The third-order valence-corrected chi connectivity index (χ3v) is 7.65. The van der Waals surface area contributed by atoms with Gasteiger partial charge < -0.3 is 24.1 Å². The van der Waals surface area contributed by atoms with Gasteiger partial charge in [-0.3, -0.25) is 9.59 Å². The second-order valence-corrected chi connectivity index (χ2v) is 10.1. The molecule has 1 heterocycles. The lowest BCUT2D eigenvalue weighted by molar-refractivity contribution is -0.239. The minimum absolute atomic E-state index is 0.118. The molecule has 0 aromatic carbocycles. The number of hydrogen-bond acceptors (Lipinski definition) is 8. The minimum Gasteiger partial charge on any atom is -0.456 e. The zero-order valence-corrected chi connectivity index (χ0v) is 20.8. The van der Waals surface area contributed by atoms with Crippen LogP contribution in [0.1, 0.15) is 47.0 Å². The molecule has 1 saturated carbocycles. The van der Waals surface area contributed by atoms with E-state index in [0.717, 1.165) is 30.4 Å². The Balaban J connectivity index is 2.05. The van der Waals surface area contributed by atoms with Crippen LogP contribution in [0.5, 0.6) is 0 Å². The summed E-state index contributed by atoms with van der Waals surface area (Å²) in [6, 6.07) is 0. The maximum absolute atomic E-state index is 12.1. The number of aliphatic hydroxyl groups excluding tert-OH is 1. The Morgan fingerprint density at radius 1 is 1.19 bits per heavy atom. The molecule has 7 nitrogen and oxygen atoms in total. The first kappa shape index (κ1) is 25.6. The molecule has 2 fully saturated rings. The number of halogens is 1. The molecule has 0 aromatic rings. The molecule has 1 aliphatic heterocycles. The normalized spacial score (nSPS) is 36.0. The van der Waals surface area contributed by atoms with Crippen molar-refractivity contribution in [3.8, 4) is 0 Å². The van der Waals surface area contributed by atoms with Crippen LogP contribution in [0.4, 0.5) is 0 Å². The second-order valence-electron chi connectivity index (χ2n) is 8.69. The number of hydrogen-bond donors (Lipinski definition) is 1. The third kappa shape index (κ3) is 5.53. The molecule has 32 heavy (non-hydrogen) atoms. The molecule has 1 saturated heterocycles. The smallest absolute Gasteiger partial charge is 0.303 e. The van der Waals surface area contributed by atoms with Crippen molar-refractivity contribution >= 4 is 35.3 Å². The largest absolute Gasteiger partial charge is 0.456 e. The number of thioether (sulfide) groups is 1. The average molecular weight is 489 g/mol. The first-order chi connectivity index (χ1) is 15.1. The van der Waals surface area contributed by atoms with Crippen LogP contribution < -0.4 is 0 Å². The summed E-state index contributed by atoms with van der Waals surface area (Å²) < 4.78 is 24.4. The fourth-order valence-corrected chi connectivity index (χ4v) is 5.44. The molecule has 0 spiro atoms. The highest BCUT2D eigenvalue weighted by Crippen LogP contribution is 2.47. The number of alkyl halides is 1. The molecule has 2 unspecified atom stereocenters. The monoisotopic (exact) mass is 488 g/mol. The average Bonchev–Trinajstić information content (AvgIpc) is 3.50. The Labute approximate surface area is 198 Å². The summed E-state index contributed by atoms with van der Waals surface area (Å²) in [7, 11) is 0. The van der Waals surface area contributed by atoms with Crippen LogP contribution in [-0.4, -0.2) is 70.7 Å². The topological polar surface area (TPSA) is 91.3 Å². The Hall–Kier alpha value is -1.06. The predicted octanol–water partition coefficient (Wildman–Crippen LogP) is 3.37. The molecular weight excluding hydrogens is 456 g/mol. The summed E-state index contributed by atoms with van der Waals surface area (Å²) in [4.78, 5) is 24.1. The van der Waals surface area contributed by atoms with Crippen molar-refractivity contribution in [2.24, 2.45) is 5.92 Å². The van der Waals surface area contributed by atoms with Gasteiger partial charge in [0, 0.05) is 19.8 Å². The van der Waals surface area contributed by atoms with Crippen molar-refractivity contribution in [3.63, 3.8) is 0 Å². The van der Waals surface area contributed by atoms with E-state index in [-0.39, 0.29) is 23.5 Å². The van der Waals surface area contributed by atoms with Crippen LogP contribution in [-0.2, 0) is 28.5 Å². The van der Waals surface area contributed by atoms with Crippen LogP contribution in [0.3, 0.4) is 0 Å². The predicted molar refractivity (Wildman–Crippen MR) is 122 cm³/mol. The zero-order valence-electron chi connectivity index (χ0n) is 19.2. The van der Waals surface area contributed by atoms with E-state index >= 15 is 0 Å². The van der Waals surface area contributed by atoms with Crippen LogP contribution >= 0.6 is 23.4 Å². The van der Waals surface area contributed by atoms with E-state index in [2.05, 4.69) is 6.92 Å². The van der Waals surface area contributed by atoms with Crippen molar-refractivity contribution in [2.45, 2.75) is 87.8 Å². The lowest BCUT2D eigenvalue weighted by atomic mass is 9.83. The second kappa shape index (κ2) is 10.5. The summed E-state index contributed by atoms with van der Waals surface area (Å²) in [5, 5.41) is 9.45. The summed E-state index contributed by atoms with van der Waals surface area (Å²) in [5.74, 6) is -1.22. The van der Waals surface area contributed by atoms with Crippen molar-refractivity contribution in [2.75, 3.05) is 12.9 Å². The van der Waals surface area contributed by atoms with E-state index in [0.29, 0.717) is 0 Å². The third-order valence-electron chi connectivity index (χ3n) is 6.35. The molecule has 0 aromatic heterocycles. The highest BCUT2D eigenvalue weighted by atomic mass is 35.5. The maximum atomic E-state index is 12.1. The summed E-state index contributed by atoms with van der Waals surface area (Å²) in [6.45, 7) is 6.54. The fourth-order valence-electron chi connectivity index (χ4n) is 4.39. The number of allylic oxidation sites excluding steroid dienone is 1. The van der Waals surface area contributed by atoms with E-state index in [1.54, 1.807) is 0 Å². The molecule has 9 heteroatoms. The first-order valence-electron chi connectivity index (χ1n) is 11.0. The molecule has 180 valence electrons. The fraction of sp³-hybridized carbons (Fsp3) is 0.739. The molecule has 0 amide bonds. The number of carbonyl (C=O) groups excluding carboxylic acids is 2. The Morgan fingerprint density at radius 2 is 1.81 bits per heavy atom. The highest BCUT2D eigenvalue weighted by Gasteiger charge is 2.56. The van der Waals surface area contributed by atoms with E-state index < -0.39 is 41.8 Å². The molecular formula is C23H33ClO7S. The van der Waals surface area contributed by atoms with Crippen LogP contribution in [0.25, 0.3) is 0 Å². The van der Waals surface area contributed by atoms with Gasteiger partial charge in [-0.25, -0.2) is 0 Å². The molecule has 0 radical (unpaired) electrons. The van der Waals surface area contributed by atoms with Gasteiger partial charge >= 0.3 is 11.9 Å². The van der Waals surface area contributed by atoms with Gasteiger partial charge in [-0.15, -0.1) is 23.4 Å². The van der Waals surface area contributed by atoms with Crippen molar-refractivity contribution < 1.29 is 33.6 Å². The first-order valence-corrected chi connectivity index (χ1v) is 12.7. The van der Waals surface area contributed by atoms with Gasteiger partial charge in [-0.05, 0) is 43.6 Å². The van der Waals surface area contributed by atoms with E-state index in [4.69, 9.17) is 30.5 Å². The SMILES string of the molecule is CCC1(O[C@@H]2[C@@H](OC(C)=O)[C@H](C3=CC(CO)C(Cl)C=C3C)O[C@H](SC)[C@H]2OC(C)=O)CC1. The van der Waals surface area contributed by atoms with E-state index in [9.17, 15) is 14.7 Å². The number of esters is 2. The highest BCUT2D eigenvalue weighted by molar-refractivity contribution is 7.99. The van der Waals surface area contributed by atoms with Crippen LogP contribution in [0.15, 0.2) is 23.3 Å². The summed E-state index contributed by atoms with van der Waals surface area (Å²) in [5.41, 5.74) is 0.844. The number of rotatable bonds is 8. The molecule has 3 aliphatic rings. The number of ether oxygens (including phenoxy) is 4. The molecule has 7 atom stereocenters. The molecule has 0 bridgehead atoms. The summed E-state index contributed by atoms with van der Waals surface area (Å²) >= 11 is 7.80. The lowest BCUT2D eigenvalue weighted by Gasteiger charge is -2.47. The van der Waals surface area contributed by atoms with Crippen molar-refractivity contribution in [1.29, 1.82) is 0 Å². The van der Waals surface area contributed by atoms with E-state index in [1.165, 1.54) is 25.6 Å². The standard InChI is InChI=1S/C23H33ClO7S/c1-6-23(7-8-23)31-20-19(28-13(3)26)18(30-22(32-5)21(20)29-14(4)27)16-10-15(11-25)17(24)9-12(16)2/h9-10,15,17-22,25H,6-8,11H2,1-5H3/t15?,17?,18-,19-,20+,21-,22+/m0/s1. The Bertz CT molecular complexity index is 778. The molecule has 2 aliphatic carbocycles. The molecule has 1 N–H and O–H groups in total. The Morgan fingerprint density at radius 3 is 2.31 bits per heavy atom. The maximum Gasteiger partial charge on any atom is 0.303 e. The van der Waals surface area contributed by atoms with Gasteiger partial charge in [-0.1, -0.05) is 19.1 Å². The Kier molecular flexibility index (Phi) is 8.36. The minimum atomic E-state index is -0.829. The number of aliphatic hydroxyl groups is 1. The van der Waals surface area contributed by atoms with Crippen molar-refractivity contribution in [1.82, 2.24) is 0 Å². The van der Waals surface area contributed by atoms with Crippen LogP contribution in [0.2, 0.25) is 0 Å². The van der Waals surface area contributed by atoms with Crippen molar-refractivity contribution in [3.05, 3.63) is 23.3 Å². The van der Waals surface area contributed by atoms with Gasteiger partial charge in [-0.2, -0.15) is 0 Å². The van der Waals surface area contributed by atoms with Gasteiger partial charge in [0.05, 0.1) is 17.6 Å². The zero-order chi connectivity index (χ0) is 23.6. The van der Waals surface area contributed by atoms with E-state index in [1.807, 2.05) is 25.3 Å². The van der Waals surface area contributed by atoms with Gasteiger partial charge in [0.1, 0.15) is 17.6 Å². The lowest BCUT2D eigenvalue weighted by Crippen LogP contribution is -2.61. The summed E-state index contributed by atoms with van der Waals surface area (Å²) in [6.07, 6.45) is 5.32. The van der Waals surface area contributed by atoms with Gasteiger partial charge in [0.25, 0.3) is 0 Å². The number of carbonyl (C=O) groups is 2. The van der Waals surface area contributed by atoms with Gasteiger partial charge in [0.2, 0.25) is 0 Å².